The number of amides is 1. The first kappa shape index (κ1) is 21.2. The summed E-state index contributed by atoms with van der Waals surface area (Å²) in [5.74, 6) is 1.36. The van der Waals surface area contributed by atoms with Crippen LogP contribution in [0.15, 0.2) is 41.3 Å². The number of para-hydroxylation sites is 1. The lowest BCUT2D eigenvalue weighted by atomic mass is 10.1. The second-order valence-electron chi connectivity index (χ2n) is 6.51. The van der Waals surface area contributed by atoms with Crippen LogP contribution < -0.4 is 14.8 Å². The summed E-state index contributed by atoms with van der Waals surface area (Å²) in [7, 11) is 3.23. The van der Waals surface area contributed by atoms with Crippen molar-refractivity contribution in [3.8, 4) is 11.5 Å². The highest BCUT2D eigenvalue weighted by atomic mass is 32.2. The van der Waals surface area contributed by atoms with Gasteiger partial charge < -0.3 is 14.8 Å². The number of hydrogen-bond acceptors (Lipinski definition) is 4. The molecule has 1 amide bonds. The van der Waals surface area contributed by atoms with Crippen LogP contribution in [-0.2, 0) is 11.2 Å². The molecule has 0 heterocycles. The minimum atomic E-state index is -0.00898. The monoisotopic (exact) mass is 387 g/mol. The highest BCUT2D eigenvalue weighted by Crippen LogP contribution is 2.32. The lowest BCUT2D eigenvalue weighted by molar-refractivity contribution is -0.116. The van der Waals surface area contributed by atoms with Crippen LogP contribution in [0.25, 0.3) is 0 Å². The SMILES string of the molecule is CCC(C)Sc1ccc(NC(=O)CCc2cccc(OC)c2OC)c(C)c1. The maximum absolute atomic E-state index is 12.4. The molecule has 0 aliphatic carbocycles. The molecule has 0 fully saturated rings. The first-order valence-corrected chi connectivity index (χ1v) is 10.1. The van der Waals surface area contributed by atoms with Gasteiger partial charge in [-0.3, -0.25) is 4.79 Å². The molecule has 0 saturated carbocycles. The third kappa shape index (κ3) is 5.93. The Morgan fingerprint density at radius 2 is 1.96 bits per heavy atom. The van der Waals surface area contributed by atoms with E-state index < -0.39 is 0 Å². The Kier molecular flexibility index (Phi) is 8.04. The standard InChI is InChI=1S/C22H29NO3S/c1-6-16(3)27-18-11-12-19(15(2)14-18)23-21(24)13-10-17-8-7-9-20(25-4)22(17)26-5/h7-9,11-12,14,16H,6,10,13H2,1-5H3,(H,23,24). The number of thioether (sulfide) groups is 1. The van der Waals surface area contributed by atoms with E-state index in [1.165, 1.54) is 4.90 Å². The van der Waals surface area contributed by atoms with Gasteiger partial charge in [0.05, 0.1) is 14.2 Å². The maximum atomic E-state index is 12.4. The molecule has 0 spiro atoms. The molecule has 1 unspecified atom stereocenters. The Balaban J connectivity index is 1.98. The predicted octanol–water partition coefficient (Wildman–Crippen LogP) is 5.47. The largest absolute Gasteiger partial charge is 0.493 e. The van der Waals surface area contributed by atoms with Gasteiger partial charge in [-0.2, -0.15) is 0 Å². The topological polar surface area (TPSA) is 47.6 Å². The van der Waals surface area contributed by atoms with Gasteiger partial charge in [0.1, 0.15) is 0 Å². The smallest absolute Gasteiger partial charge is 0.224 e. The van der Waals surface area contributed by atoms with Crippen molar-refractivity contribution in [1.82, 2.24) is 0 Å². The molecule has 2 aromatic rings. The third-order valence-corrected chi connectivity index (χ3v) is 5.75. The first-order chi connectivity index (χ1) is 13.0. The van der Waals surface area contributed by atoms with Gasteiger partial charge in [0.2, 0.25) is 5.91 Å². The van der Waals surface area contributed by atoms with Crippen LogP contribution in [0.4, 0.5) is 5.69 Å². The second-order valence-corrected chi connectivity index (χ2v) is 8.03. The molecule has 5 heteroatoms. The minimum absolute atomic E-state index is 0.00898. The highest BCUT2D eigenvalue weighted by molar-refractivity contribution is 7.99. The summed E-state index contributed by atoms with van der Waals surface area (Å²) in [5.41, 5.74) is 2.91. The fourth-order valence-electron chi connectivity index (χ4n) is 2.78. The van der Waals surface area contributed by atoms with Crippen LogP contribution in [0, 0.1) is 6.92 Å². The number of nitrogens with one attached hydrogen (secondary N) is 1. The maximum Gasteiger partial charge on any atom is 0.224 e. The van der Waals surface area contributed by atoms with E-state index >= 15 is 0 Å². The van der Waals surface area contributed by atoms with E-state index in [-0.39, 0.29) is 5.91 Å². The molecule has 2 rings (SSSR count). The molecule has 146 valence electrons. The second kappa shape index (κ2) is 10.3. The Labute approximate surface area is 166 Å². The van der Waals surface area contributed by atoms with Crippen molar-refractivity contribution >= 4 is 23.4 Å². The van der Waals surface area contributed by atoms with Gasteiger partial charge in [-0.05, 0) is 55.2 Å². The summed E-state index contributed by atoms with van der Waals surface area (Å²) < 4.78 is 10.7. The van der Waals surface area contributed by atoms with E-state index in [1.54, 1.807) is 14.2 Å². The van der Waals surface area contributed by atoms with E-state index in [0.717, 1.165) is 23.2 Å². The number of hydrogen-bond donors (Lipinski definition) is 1. The number of anilines is 1. The van der Waals surface area contributed by atoms with Crippen LogP contribution in [0.2, 0.25) is 0 Å². The normalized spacial score (nSPS) is 11.7. The summed E-state index contributed by atoms with van der Waals surface area (Å²) >= 11 is 1.86. The van der Waals surface area contributed by atoms with Crippen LogP contribution in [0.5, 0.6) is 11.5 Å². The van der Waals surface area contributed by atoms with E-state index in [9.17, 15) is 4.79 Å². The molecule has 4 nitrogen and oxygen atoms in total. The van der Waals surface area contributed by atoms with Crippen molar-refractivity contribution in [3.05, 3.63) is 47.5 Å². The number of carbonyl (C=O) groups is 1. The molecule has 0 saturated heterocycles. The lowest BCUT2D eigenvalue weighted by Crippen LogP contribution is -2.13. The summed E-state index contributed by atoms with van der Waals surface area (Å²) in [6.07, 6.45) is 2.11. The number of rotatable bonds is 9. The minimum Gasteiger partial charge on any atom is -0.493 e. The molecule has 0 bridgehead atoms. The van der Waals surface area contributed by atoms with Gasteiger partial charge in [-0.25, -0.2) is 0 Å². The van der Waals surface area contributed by atoms with Crippen molar-refractivity contribution in [3.63, 3.8) is 0 Å². The van der Waals surface area contributed by atoms with E-state index in [0.29, 0.717) is 29.6 Å². The Morgan fingerprint density at radius 1 is 1.19 bits per heavy atom. The third-order valence-electron chi connectivity index (χ3n) is 4.49. The number of aryl methyl sites for hydroxylation is 2. The van der Waals surface area contributed by atoms with Crippen molar-refractivity contribution in [2.45, 2.75) is 50.2 Å². The molecule has 0 aliphatic rings. The van der Waals surface area contributed by atoms with E-state index in [4.69, 9.17) is 9.47 Å². The quantitative estimate of drug-likeness (QED) is 0.579. The van der Waals surface area contributed by atoms with Crippen molar-refractivity contribution in [1.29, 1.82) is 0 Å². The van der Waals surface area contributed by atoms with Gasteiger partial charge in [-0.1, -0.05) is 26.0 Å². The number of methoxy groups -OCH3 is 2. The molecule has 1 atom stereocenters. The van der Waals surface area contributed by atoms with Gasteiger partial charge in [0.25, 0.3) is 0 Å². The van der Waals surface area contributed by atoms with Crippen LogP contribution in [0.1, 0.15) is 37.8 Å². The highest BCUT2D eigenvalue weighted by Gasteiger charge is 2.12. The fraction of sp³-hybridized carbons (Fsp3) is 0.409. The molecule has 2 aromatic carbocycles. The van der Waals surface area contributed by atoms with Crippen LogP contribution >= 0.6 is 11.8 Å². The fourth-order valence-corrected chi connectivity index (χ4v) is 3.80. The predicted molar refractivity (Wildman–Crippen MR) is 113 cm³/mol. The summed E-state index contributed by atoms with van der Waals surface area (Å²) in [4.78, 5) is 13.6. The number of ether oxygens (including phenoxy) is 2. The van der Waals surface area contributed by atoms with Gasteiger partial charge >= 0.3 is 0 Å². The first-order valence-electron chi connectivity index (χ1n) is 9.25. The van der Waals surface area contributed by atoms with Gasteiger partial charge in [-0.15, -0.1) is 11.8 Å². The number of benzene rings is 2. The molecular weight excluding hydrogens is 358 g/mol. The average molecular weight is 388 g/mol. The molecule has 0 radical (unpaired) electrons. The molecule has 1 N–H and O–H groups in total. The zero-order chi connectivity index (χ0) is 19.8. The molecule has 27 heavy (non-hydrogen) atoms. The zero-order valence-corrected chi connectivity index (χ0v) is 17.6. The Hall–Kier alpha value is -2.14. The summed E-state index contributed by atoms with van der Waals surface area (Å²) in [5, 5.41) is 3.61. The number of carbonyl (C=O) groups excluding carboxylic acids is 1. The van der Waals surface area contributed by atoms with Gasteiger partial charge in [0.15, 0.2) is 11.5 Å². The van der Waals surface area contributed by atoms with E-state index in [1.807, 2.05) is 43.0 Å². The molecular formula is C22H29NO3S. The summed E-state index contributed by atoms with van der Waals surface area (Å²) in [6, 6.07) is 11.9. The molecule has 0 aliphatic heterocycles. The zero-order valence-electron chi connectivity index (χ0n) is 16.8. The molecule has 0 aromatic heterocycles. The van der Waals surface area contributed by atoms with Crippen LogP contribution in [0.3, 0.4) is 0 Å². The van der Waals surface area contributed by atoms with E-state index in [2.05, 4.69) is 31.3 Å². The average Bonchev–Trinajstić information content (AvgIpc) is 2.67. The van der Waals surface area contributed by atoms with Crippen LogP contribution in [-0.4, -0.2) is 25.4 Å². The van der Waals surface area contributed by atoms with Crippen molar-refractivity contribution < 1.29 is 14.3 Å². The van der Waals surface area contributed by atoms with Gasteiger partial charge in [0, 0.05) is 22.3 Å². The summed E-state index contributed by atoms with van der Waals surface area (Å²) in [6.45, 7) is 6.44. The Morgan fingerprint density at radius 3 is 2.59 bits per heavy atom. The lowest BCUT2D eigenvalue weighted by Gasteiger charge is -2.14. The van der Waals surface area contributed by atoms with Crippen molar-refractivity contribution in [2.24, 2.45) is 0 Å². The Bertz CT molecular complexity index is 776. The van der Waals surface area contributed by atoms with Crippen molar-refractivity contribution in [2.75, 3.05) is 19.5 Å².